The minimum Gasteiger partial charge on any atom is -0.467 e. The zero-order valence-electron chi connectivity index (χ0n) is 11.0. The van der Waals surface area contributed by atoms with Crippen LogP contribution in [-0.4, -0.2) is 10.8 Å². The molecule has 0 aliphatic carbocycles. The number of benzene rings is 1. The van der Waals surface area contributed by atoms with E-state index in [4.69, 9.17) is 4.42 Å². The van der Waals surface area contributed by atoms with Crippen LogP contribution >= 0.6 is 0 Å². The van der Waals surface area contributed by atoms with Crippen LogP contribution in [0.25, 0.3) is 0 Å². The predicted octanol–water partition coefficient (Wildman–Crippen LogP) is 3.39. The van der Waals surface area contributed by atoms with Gasteiger partial charge >= 0.3 is 0 Å². The lowest BCUT2D eigenvalue weighted by atomic mass is 10.1. The maximum atomic E-state index is 12.3. The van der Waals surface area contributed by atoms with Crippen LogP contribution in [0.2, 0.25) is 0 Å². The van der Waals surface area contributed by atoms with E-state index in [-0.39, 0.29) is 17.9 Å². The lowest BCUT2D eigenvalue weighted by Gasteiger charge is -2.23. The summed E-state index contributed by atoms with van der Waals surface area (Å²) in [6.07, 6.45) is 2.50. The number of carbonyl (C=O) groups excluding carboxylic acids is 1. The minimum atomic E-state index is 0.0673. The molecule has 19 heavy (non-hydrogen) atoms. The Hall–Kier alpha value is -2.03. The number of nitrogens with zero attached hydrogens (tertiary/aromatic N) is 1. The summed E-state index contributed by atoms with van der Waals surface area (Å²) in [4.78, 5) is 14.2. The van der Waals surface area contributed by atoms with Crippen LogP contribution in [0, 0.1) is 5.92 Å². The summed E-state index contributed by atoms with van der Waals surface area (Å²) in [6.45, 7) is 2.64. The lowest BCUT2D eigenvalue weighted by Crippen LogP contribution is -2.28. The molecule has 2 aromatic rings. The molecule has 3 rings (SSSR count). The third kappa shape index (κ3) is 2.28. The molecule has 1 aliphatic rings. The molecule has 0 spiro atoms. The van der Waals surface area contributed by atoms with Crippen LogP contribution in [0.1, 0.15) is 30.7 Å². The van der Waals surface area contributed by atoms with Crippen molar-refractivity contribution in [1.29, 1.82) is 0 Å². The fourth-order valence-corrected chi connectivity index (χ4v) is 2.72. The van der Waals surface area contributed by atoms with Crippen LogP contribution < -0.4 is 0 Å². The standard InChI is InChI=1S/C16H17NO2/c1-12-10-14(15-8-5-9-19-15)17(16(12)18)11-13-6-3-2-4-7-13/h2-9,12,14H,10-11H2,1H3/t12-,14-/m1/s1. The summed E-state index contributed by atoms with van der Waals surface area (Å²) < 4.78 is 5.49. The molecule has 0 N–H and O–H groups in total. The van der Waals surface area contributed by atoms with Crippen LogP contribution in [0.15, 0.2) is 53.1 Å². The Bertz CT molecular complexity index is 547. The molecule has 1 fully saturated rings. The fraction of sp³-hybridized carbons (Fsp3) is 0.312. The highest BCUT2D eigenvalue weighted by Crippen LogP contribution is 2.37. The summed E-state index contributed by atoms with van der Waals surface area (Å²) in [5, 5.41) is 0. The first kappa shape index (κ1) is 12.0. The second kappa shape index (κ2) is 4.92. The Labute approximate surface area is 112 Å². The predicted molar refractivity (Wildman–Crippen MR) is 72.2 cm³/mol. The quantitative estimate of drug-likeness (QED) is 0.842. The van der Waals surface area contributed by atoms with Crippen molar-refractivity contribution in [2.75, 3.05) is 0 Å². The number of hydrogen-bond donors (Lipinski definition) is 0. The summed E-state index contributed by atoms with van der Waals surface area (Å²) >= 11 is 0. The van der Waals surface area contributed by atoms with Gasteiger partial charge in [-0.1, -0.05) is 37.3 Å². The van der Waals surface area contributed by atoms with Crippen LogP contribution in [-0.2, 0) is 11.3 Å². The van der Waals surface area contributed by atoms with Gasteiger partial charge in [-0.15, -0.1) is 0 Å². The topological polar surface area (TPSA) is 33.5 Å². The fourth-order valence-electron chi connectivity index (χ4n) is 2.72. The van der Waals surface area contributed by atoms with E-state index >= 15 is 0 Å². The highest BCUT2D eigenvalue weighted by atomic mass is 16.3. The molecule has 2 atom stereocenters. The number of carbonyl (C=O) groups is 1. The van der Waals surface area contributed by atoms with Gasteiger partial charge in [-0.3, -0.25) is 4.79 Å². The Morgan fingerprint density at radius 1 is 1.21 bits per heavy atom. The molecule has 1 aliphatic heterocycles. The van der Waals surface area contributed by atoms with Crippen molar-refractivity contribution in [3.05, 3.63) is 60.1 Å². The van der Waals surface area contributed by atoms with Crippen molar-refractivity contribution in [3.8, 4) is 0 Å². The van der Waals surface area contributed by atoms with E-state index in [0.717, 1.165) is 17.7 Å². The third-order valence-electron chi connectivity index (χ3n) is 3.73. The zero-order valence-corrected chi connectivity index (χ0v) is 11.0. The zero-order chi connectivity index (χ0) is 13.2. The third-order valence-corrected chi connectivity index (χ3v) is 3.73. The molecule has 1 aromatic carbocycles. The normalized spacial score (nSPS) is 23.0. The molecule has 0 bridgehead atoms. The smallest absolute Gasteiger partial charge is 0.226 e. The average Bonchev–Trinajstić information content (AvgIpc) is 3.04. The van der Waals surface area contributed by atoms with Gasteiger partial charge in [0, 0.05) is 12.5 Å². The SMILES string of the molecule is C[C@@H]1C[C@H](c2ccco2)N(Cc2ccccc2)C1=O. The van der Waals surface area contributed by atoms with Crippen molar-refractivity contribution >= 4 is 5.91 Å². The summed E-state index contributed by atoms with van der Waals surface area (Å²) in [7, 11) is 0. The second-order valence-corrected chi connectivity index (χ2v) is 5.12. The Morgan fingerprint density at radius 3 is 2.68 bits per heavy atom. The van der Waals surface area contributed by atoms with E-state index in [1.54, 1.807) is 6.26 Å². The second-order valence-electron chi connectivity index (χ2n) is 5.12. The molecule has 0 radical (unpaired) electrons. The monoisotopic (exact) mass is 255 g/mol. The number of hydrogen-bond acceptors (Lipinski definition) is 2. The molecule has 1 saturated heterocycles. The van der Waals surface area contributed by atoms with Crippen LogP contribution in [0.3, 0.4) is 0 Å². The van der Waals surface area contributed by atoms with E-state index in [1.807, 2.05) is 42.2 Å². The first-order chi connectivity index (χ1) is 9.25. The van der Waals surface area contributed by atoms with Crippen molar-refractivity contribution in [1.82, 2.24) is 4.90 Å². The van der Waals surface area contributed by atoms with Gasteiger partial charge in [0.1, 0.15) is 5.76 Å². The van der Waals surface area contributed by atoms with E-state index < -0.39 is 0 Å². The number of rotatable bonds is 3. The summed E-state index contributed by atoms with van der Waals surface area (Å²) in [5.74, 6) is 1.16. The molecular weight excluding hydrogens is 238 g/mol. The van der Waals surface area contributed by atoms with Crippen molar-refractivity contribution < 1.29 is 9.21 Å². The summed E-state index contributed by atoms with van der Waals surface area (Å²) in [5.41, 5.74) is 1.15. The van der Waals surface area contributed by atoms with Crippen LogP contribution in [0.5, 0.6) is 0 Å². The molecule has 2 heterocycles. The van der Waals surface area contributed by atoms with Gasteiger partial charge in [-0.05, 0) is 24.1 Å². The number of amides is 1. The highest BCUT2D eigenvalue weighted by molar-refractivity contribution is 5.81. The Balaban J connectivity index is 1.86. The van der Waals surface area contributed by atoms with Crippen molar-refractivity contribution in [2.45, 2.75) is 25.9 Å². The van der Waals surface area contributed by atoms with Gasteiger partial charge in [0.05, 0.1) is 12.3 Å². The van der Waals surface area contributed by atoms with Crippen molar-refractivity contribution in [2.24, 2.45) is 5.92 Å². The van der Waals surface area contributed by atoms with Gasteiger partial charge < -0.3 is 9.32 Å². The molecule has 3 heteroatoms. The van der Waals surface area contributed by atoms with E-state index in [0.29, 0.717) is 6.54 Å². The van der Waals surface area contributed by atoms with E-state index in [1.165, 1.54) is 0 Å². The number of likely N-dealkylation sites (tertiary alicyclic amines) is 1. The van der Waals surface area contributed by atoms with E-state index in [9.17, 15) is 4.79 Å². The largest absolute Gasteiger partial charge is 0.467 e. The molecular formula is C16H17NO2. The Morgan fingerprint density at radius 2 is 2.00 bits per heavy atom. The molecule has 1 amide bonds. The number of furan rings is 1. The van der Waals surface area contributed by atoms with Crippen molar-refractivity contribution in [3.63, 3.8) is 0 Å². The van der Waals surface area contributed by atoms with Gasteiger partial charge in [0.2, 0.25) is 5.91 Å². The van der Waals surface area contributed by atoms with Crippen LogP contribution in [0.4, 0.5) is 0 Å². The Kier molecular flexibility index (Phi) is 3.11. The first-order valence-electron chi connectivity index (χ1n) is 6.63. The average molecular weight is 255 g/mol. The van der Waals surface area contributed by atoms with E-state index in [2.05, 4.69) is 12.1 Å². The first-order valence-corrected chi connectivity index (χ1v) is 6.63. The maximum Gasteiger partial charge on any atom is 0.226 e. The molecule has 0 unspecified atom stereocenters. The highest BCUT2D eigenvalue weighted by Gasteiger charge is 2.38. The molecule has 3 nitrogen and oxygen atoms in total. The molecule has 1 aromatic heterocycles. The van der Waals surface area contributed by atoms with Gasteiger partial charge in [0.25, 0.3) is 0 Å². The molecule has 0 saturated carbocycles. The van der Waals surface area contributed by atoms with Gasteiger partial charge in [-0.2, -0.15) is 0 Å². The van der Waals surface area contributed by atoms with Gasteiger partial charge in [0.15, 0.2) is 0 Å². The lowest BCUT2D eigenvalue weighted by molar-refractivity contribution is -0.132. The molecule has 98 valence electrons. The maximum absolute atomic E-state index is 12.3. The summed E-state index contributed by atoms with van der Waals surface area (Å²) in [6, 6.07) is 14.0. The minimum absolute atomic E-state index is 0.0673. The van der Waals surface area contributed by atoms with Gasteiger partial charge in [-0.25, -0.2) is 0 Å².